The lowest BCUT2D eigenvalue weighted by Gasteiger charge is -2.11. The summed E-state index contributed by atoms with van der Waals surface area (Å²) in [6.07, 6.45) is 0.975. The number of benzene rings is 1. The molecule has 0 spiro atoms. The molecule has 1 unspecified atom stereocenters. The van der Waals surface area contributed by atoms with Gasteiger partial charge in [-0.2, -0.15) is 0 Å². The van der Waals surface area contributed by atoms with Crippen LogP contribution in [0.5, 0.6) is 0 Å². The molecule has 0 aliphatic rings. The van der Waals surface area contributed by atoms with E-state index in [1.165, 1.54) is 0 Å². The van der Waals surface area contributed by atoms with Crippen molar-refractivity contribution in [1.29, 1.82) is 0 Å². The maximum absolute atomic E-state index is 12.1. The van der Waals surface area contributed by atoms with E-state index in [1.807, 2.05) is 13.0 Å². The molecule has 21 heavy (non-hydrogen) atoms. The lowest BCUT2D eigenvalue weighted by molar-refractivity contribution is 0.128. The molecule has 1 atom stereocenters. The van der Waals surface area contributed by atoms with Gasteiger partial charge < -0.3 is 10.5 Å². The second kappa shape index (κ2) is 8.48. The van der Waals surface area contributed by atoms with Gasteiger partial charge in [0.2, 0.25) is 10.0 Å². The number of rotatable bonds is 9. The molecule has 1 rings (SSSR count). The van der Waals surface area contributed by atoms with Crippen LogP contribution in [0.1, 0.15) is 38.8 Å². The smallest absolute Gasteiger partial charge is 0.240 e. The fraction of sp³-hybridized carbons (Fsp3) is 0.600. The van der Waals surface area contributed by atoms with E-state index in [4.69, 9.17) is 10.5 Å². The molecule has 0 aliphatic heterocycles. The van der Waals surface area contributed by atoms with Crippen LogP contribution in [0.4, 0.5) is 0 Å². The third-order valence-corrected chi connectivity index (χ3v) is 4.53. The largest absolute Gasteiger partial charge is 0.380 e. The Morgan fingerprint density at radius 1 is 1.24 bits per heavy atom. The van der Waals surface area contributed by atoms with Crippen molar-refractivity contribution in [2.45, 2.75) is 38.1 Å². The van der Waals surface area contributed by atoms with Crippen LogP contribution in [0.25, 0.3) is 0 Å². The van der Waals surface area contributed by atoms with Crippen LogP contribution in [-0.2, 0) is 14.8 Å². The average Bonchev–Trinajstić information content (AvgIpc) is 2.42. The van der Waals surface area contributed by atoms with Crippen LogP contribution in [0.3, 0.4) is 0 Å². The van der Waals surface area contributed by atoms with Crippen LogP contribution in [0.15, 0.2) is 29.2 Å². The molecule has 0 fully saturated rings. The number of hydrogen-bond acceptors (Lipinski definition) is 4. The molecule has 1 aromatic carbocycles. The molecule has 3 N–H and O–H groups in total. The fourth-order valence-corrected chi connectivity index (χ4v) is 2.79. The van der Waals surface area contributed by atoms with Crippen LogP contribution < -0.4 is 10.5 Å². The van der Waals surface area contributed by atoms with E-state index in [0.29, 0.717) is 19.1 Å². The fourth-order valence-electron chi connectivity index (χ4n) is 1.72. The van der Waals surface area contributed by atoms with Gasteiger partial charge in [0.15, 0.2) is 0 Å². The number of nitrogens with two attached hydrogens (primary N) is 1. The average molecular weight is 314 g/mol. The minimum absolute atomic E-state index is 0.195. The van der Waals surface area contributed by atoms with Crippen molar-refractivity contribution in [3.05, 3.63) is 29.8 Å². The Morgan fingerprint density at radius 3 is 2.57 bits per heavy atom. The molecule has 0 aromatic heterocycles. The summed E-state index contributed by atoms with van der Waals surface area (Å²) < 4.78 is 32.2. The highest BCUT2D eigenvalue weighted by molar-refractivity contribution is 7.89. The van der Waals surface area contributed by atoms with Gasteiger partial charge in [-0.3, -0.25) is 0 Å². The highest BCUT2D eigenvalue weighted by Crippen LogP contribution is 2.15. The first-order valence-electron chi connectivity index (χ1n) is 7.26. The summed E-state index contributed by atoms with van der Waals surface area (Å²) in [6, 6.07) is 6.49. The lowest BCUT2D eigenvalue weighted by Crippen LogP contribution is -2.27. The minimum Gasteiger partial charge on any atom is -0.380 e. The summed E-state index contributed by atoms with van der Waals surface area (Å²) in [5, 5.41) is 0. The first-order valence-corrected chi connectivity index (χ1v) is 8.74. The van der Waals surface area contributed by atoms with Gasteiger partial charge in [0.25, 0.3) is 0 Å². The first kappa shape index (κ1) is 18.1. The number of sulfonamides is 1. The van der Waals surface area contributed by atoms with E-state index in [1.54, 1.807) is 18.2 Å². The Balaban J connectivity index is 2.48. The lowest BCUT2D eigenvalue weighted by atomic mass is 10.1. The van der Waals surface area contributed by atoms with Crippen LogP contribution >= 0.6 is 0 Å². The van der Waals surface area contributed by atoms with Gasteiger partial charge in [0, 0.05) is 19.2 Å². The van der Waals surface area contributed by atoms with Crippen molar-refractivity contribution in [2.24, 2.45) is 11.7 Å². The molecule has 0 bridgehead atoms. The summed E-state index contributed by atoms with van der Waals surface area (Å²) >= 11 is 0. The second-order valence-corrected chi connectivity index (χ2v) is 7.32. The van der Waals surface area contributed by atoms with E-state index in [-0.39, 0.29) is 17.5 Å². The van der Waals surface area contributed by atoms with Crippen molar-refractivity contribution in [2.75, 3.05) is 19.8 Å². The van der Waals surface area contributed by atoms with E-state index in [9.17, 15) is 8.42 Å². The zero-order valence-corrected chi connectivity index (χ0v) is 13.8. The van der Waals surface area contributed by atoms with Gasteiger partial charge in [-0.15, -0.1) is 0 Å². The van der Waals surface area contributed by atoms with Gasteiger partial charge in [0.1, 0.15) is 0 Å². The van der Waals surface area contributed by atoms with E-state index < -0.39 is 10.0 Å². The number of nitrogens with one attached hydrogen (secondary N) is 1. The molecule has 120 valence electrons. The Bertz CT molecular complexity index is 527. The Kier molecular flexibility index (Phi) is 7.31. The van der Waals surface area contributed by atoms with Crippen molar-refractivity contribution < 1.29 is 13.2 Å². The van der Waals surface area contributed by atoms with Gasteiger partial charge in [-0.25, -0.2) is 13.1 Å². The van der Waals surface area contributed by atoms with E-state index in [2.05, 4.69) is 18.6 Å². The summed E-state index contributed by atoms with van der Waals surface area (Å²) in [6.45, 7) is 7.36. The van der Waals surface area contributed by atoms with Crippen molar-refractivity contribution >= 4 is 10.0 Å². The third kappa shape index (κ3) is 6.56. The summed E-state index contributed by atoms with van der Waals surface area (Å²) in [5.41, 5.74) is 6.57. The maximum atomic E-state index is 12.1. The van der Waals surface area contributed by atoms with Crippen LogP contribution in [-0.4, -0.2) is 28.2 Å². The molecule has 0 amide bonds. The summed E-state index contributed by atoms with van der Waals surface area (Å²) in [4.78, 5) is 0.236. The molecule has 0 aliphatic carbocycles. The number of ether oxygens (including phenoxy) is 1. The Hall–Kier alpha value is -0.950. The third-order valence-electron chi connectivity index (χ3n) is 3.07. The van der Waals surface area contributed by atoms with E-state index in [0.717, 1.165) is 12.0 Å². The van der Waals surface area contributed by atoms with Gasteiger partial charge in [0.05, 0.1) is 11.5 Å². The zero-order chi connectivity index (χ0) is 15.9. The van der Waals surface area contributed by atoms with Gasteiger partial charge >= 0.3 is 0 Å². The molecule has 0 saturated heterocycles. The SMILES string of the molecule is CC(C)CCOCCNS(=O)(=O)c1cccc(C(C)N)c1. The van der Waals surface area contributed by atoms with E-state index >= 15 is 0 Å². The topological polar surface area (TPSA) is 81.4 Å². The number of hydrogen-bond donors (Lipinski definition) is 2. The standard InChI is InChI=1S/C15H26N2O3S/c1-12(2)7-9-20-10-8-17-21(18,19)15-6-4-5-14(11-15)13(3)16/h4-6,11-13,17H,7-10,16H2,1-3H3. The zero-order valence-electron chi connectivity index (χ0n) is 13.0. The highest BCUT2D eigenvalue weighted by atomic mass is 32.2. The molecular weight excluding hydrogens is 288 g/mol. The van der Waals surface area contributed by atoms with Crippen molar-refractivity contribution in [3.8, 4) is 0 Å². The molecule has 6 heteroatoms. The van der Waals surface area contributed by atoms with Crippen molar-refractivity contribution in [1.82, 2.24) is 4.72 Å². The normalized spacial score (nSPS) is 13.6. The second-order valence-electron chi connectivity index (χ2n) is 5.55. The summed E-state index contributed by atoms with van der Waals surface area (Å²) in [5.74, 6) is 0.586. The molecule has 0 radical (unpaired) electrons. The quantitative estimate of drug-likeness (QED) is 0.684. The molecule has 1 aromatic rings. The Labute approximate surface area is 127 Å². The van der Waals surface area contributed by atoms with Crippen LogP contribution in [0, 0.1) is 5.92 Å². The summed E-state index contributed by atoms with van der Waals surface area (Å²) in [7, 11) is -3.51. The molecule has 0 saturated carbocycles. The minimum atomic E-state index is -3.51. The monoisotopic (exact) mass is 314 g/mol. The first-order chi connectivity index (χ1) is 9.83. The highest BCUT2D eigenvalue weighted by Gasteiger charge is 2.14. The molecule has 0 heterocycles. The predicted molar refractivity (Wildman–Crippen MR) is 84.5 cm³/mol. The van der Waals surface area contributed by atoms with Crippen molar-refractivity contribution in [3.63, 3.8) is 0 Å². The Morgan fingerprint density at radius 2 is 1.95 bits per heavy atom. The van der Waals surface area contributed by atoms with Gasteiger partial charge in [-0.05, 0) is 37.0 Å². The maximum Gasteiger partial charge on any atom is 0.240 e. The molecular formula is C15H26N2O3S. The predicted octanol–water partition coefficient (Wildman–Crippen LogP) is 2.05. The van der Waals surface area contributed by atoms with Gasteiger partial charge in [-0.1, -0.05) is 26.0 Å². The molecule has 5 nitrogen and oxygen atoms in total. The van der Waals surface area contributed by atoms with Crippen LogP contribution in [0.2, 0.25) is 0 Å².